The molecule has 0 aliphatic heterocycles. The highest BCUT2D eigenvalue weighted by Gasteiger charge is 2.30. The fourth-order valence-electron chi connectivity index (χ4n) is 3.12. The molecular weight excluding hydrogens is 409 g/mol. The number of hydrogen-bond donors (Lipinski definition) is 1. The summed E-state index contributed by atoms with van der Waals surface area (Å²) in [7, 11) is 0. The molecule has 9 heteroatoms. The third-order valence-corrected chi connectivity index (χ3v) is 4.82. The van der Waals surface area contributed by atoms with Crippen molar-refractivity contribution in [2.24, 2.45) is 10.2 Å². The molecule has 0 aliphatic rings. The van der Waals surface area contributed by atoms with Crippen molar-refractivity contribution >= 4 is 11.4 Å². The van der Waals surface area contributed by atoms with E-state index in [4.69, 9.17) is 0 Å². The summed E-state index contributed by atoms with van der Waals surface area (Å²) in [4.78, 5) is 13.1. The molecule has 158 valence electrons. The van der Waals surface area contributed by atoms with E-state index in [2.05, 4.69) is 10.2 Å². The number of halogens is 3. The minimum absolute atomic E-state index is 0.0808. The van der Waals surface area contributed by atoms with Crippen LogP contribution in [0.4, 0.5) is 24.5 Å². The van der Waals surface area contributed by atoms with Gasteiger partial charge in [0.1, 0.15) is 11.6 Å². The minimum Gasteiger partial charge on any atom is -0.493 e. The van der Waals surface area contributed by atoms with Gasteiger partial charge < -0.3 is 5.11 Å². The third kappa shape index (κ3) is 4.33. The lowest BCUT2D eigenvalue weighted by Gasteiger charge is -2.19. The van der Waals surface area contributed by atoms with Crippen LogP contribution in [0.1, 0.15) is 35.2 Å². The first kappa shape index (κ1) is 21.8. The monoisotopic (exact) mass is 426 g/mol. The standard InChI is InChI=1S/C22H17F3N4O2/c1-13-18(12-26)20(30)29(14(2)15-7-4-3-5-8-15)21(31)19(13)28-27-17-10-6-9-16(11-17)22(23,24)25/h3-11,14,30H,1-2H3. The predicted molar refractivity (Wildman–Crippen MR) is 108 cm³/mol. The number of alkyl halides is 3. The number of pyridine rings is 1. The van der Waals surface area contributed by atoms with Crippen molar-refractivity contribution in [2.45, 2.75) is 26.1 Å². The topological polar surface area (TPSA) is 90.7 Å². The molecule has 0 bridgehead atoms. The molecule has 1 atom stereocenters. The van der Waals surface area contributed by atoms with Crippen LogP contribution in [-0.2, 0) is 6.18 Å². The molecule has 0 fully saturated rings. The molecule has 31 heavy (non-hydrogen) atoms. The summed E-state index contributed by atoms with van der Waals surface area (Å²) in [5.74, 6) is -0.514. The first-order valence-corrected chi connectivity index (χ1v) is 9.17. The van der Waals surface area contributed by atoms with Gasteiger partial charge in [0, 0.05) is 5.56 Å². The van der Waals surface area contributed by atoms with Gasteiger partial charge >= 0.3 is 6.18 Å². The lowest BCUT2D eigenvalue weighted by atomic mass is 10.1. The van der Waals surface area contributed by atoms with E-state index in [1.54, 1.807) is 37.3 Å². The zero-order valence-electron chi connectivity index (χ0n) is 16.6. The van der Waals surface area contributed by atoms with Crippen molar-refractivity contribution in [3.63, 3.8) is 0 Å². The predicted octanol–water partition coefficient (Wildman–Crippen LogP) is 5.78. The van der Waals surface area contributed by atoms with Gasteiger partial charge in [0.2, 0.25) is 5.88 Å². The molecule has 6 nitrogen and oxygen atoms in total. The van der Waals surface area contributed by atoms with E-state index in [-0.39, 0.29) is 22.5 Å². The molecule has 0 radical (unpaired) electrons. The van der Waals surface area contributed by atoms with Crippen LogP contribution < -0.4 is 5.56 Å². The Hall–Kier alpha value is -3.93. The fourth-order valence-corrected chi connectivity index (χ4v) is 3.12. The summed E-state index contributed by atoms with van der Waals surface area (Å²) < 4.78 is 39.8. The van der Waals surface area contributed by atoms with Gasteiger partial charge in [-0.1, -0.05) is 36.4 Å². The zero-order chi connectivity index (χ0) is 22.8. The number of rotatable bonds is 4. The van der Waals surface area contributed by atoms with E-state index in [0.29, 0.717) is 5.56 Å². The Morgan fingerprint density at radius 1 is 1.10 bits per heavy atom. The summed E-state index contributed by atoms with van der Waals surface area (Å²) >= 11 is 0. The molecule has 1 heterocycles. The summed E-state index contributed by atoms with van der Waals surface area (Å²) in [6.07, 6.45) is -4.55. The number of azo groups is 1. The Labute approximate surface area is 175 Å². The van der Waals surface area contributed by atoms with Gasteiger partial charge in [-0.2, -0.15) is 23.5 Å². The summed E-state index contributed by atoms with van der Waals surface area (Å²) in [5.41, 5.74) is -1.36. The Balaban J connectivity index is 2.15. The van der Waals surface area contributed by atoms with Gasteiger partial charge in [0.05, 0.1) is 17.3 Å². The molecular formula is C22H17F3N4O2. The van der Waals surface area contributed by atoms with Crippen LogP contribution in [0.3, 0.4) is 0 Å². The molecule has 2 aromatic carbocycles. The van der Waals surface area contributed by atoms with E-state index in [0.717, 1.165) is 16.7 Å². The number of nitrogens with zero attached hydrogens (tertiary/aromatic N) is 4. The molecule has 0 saturated heterocycles. The summed E-state index contributed by atoms with van der Waals surface area (Å²) in [5, 5.41) is 27.7. The first-order valence-electron chi connectivity index (χ1n) is 9.17. The van der Waals surface area contributed by atoms with Gasteiger partial charge in [-0.25, -0.2) is 0 Å². The second-order valence-electron chi connectivity index (χ2n) is 6.79. The smallest absolute Gasteiger partial charge is 0.416 e. The van der Waals surface area contributed by atoms with Crippen LogP contribution in [0, 0.1) is 18.3 Å². The Kier molecular flexibility index (Phi) is 5.92. The largest absolute Gasteiger partial charge is 0.493 e. The second-order valence-corrected chi connectivity index (χ2v) is 6.79. The van der Waals surface area contributed by atoms with Gasteiger partial charge in [0.25, 0.3) is 5.56 Å². The van der Waals surface area contributed by atoms with Crippen LogP contribution in [0.15, 0.2) is 69.6 Å². The molecule has 3 aromatic rings. The average Bonchev–Trinajstić information content (AvgIpc) is 2.74. The first-order chi connectivity index (χ1) is 14.6. The molecule has 1 N–H and O–H groups in total. The molecule has 1 unspecified atom stereocenters. The van der Waals surface area contributed by atoms with Crippen LogP contribution >= 0.6 is 0 Å². The molecule has 0 aliphatic carbocycles. The highest BCUT2D eigenvalue weighted by atomic mass is 19.4. The Morgan fingerprint density at radius 3 is 2.39 bits per heavy atom. The number of aromatic hydroxyl groups is 1. The van der Waals surface area contributed by atoms with E-state index in [1.807, 2.05) is 6.07 Å². The maximum absolute atomic E-state index is 13.1. The van der Waals surface area contributed by atoms with Crippen LogP contribution in [-0.4, -0.2) is 9.67 Å². The van der Waals surface area contributed by atoms with Crippen molar-refractivity contribution in [1.82, 2.24) is 4.57 Å². The van der Waals surface area contributed by atoms with Gasteiger partial charge in [-0.05, 0) is 37.6 Å². The zero-order valence-corrected chi connectivity index (χ0v) is 16.6. The van der Waals surface area contributed by atoms with Gasteiger partial charge in [-0.15, -0.1) is 5.11 Å². The number of hydrogen-bond acceptors (Lipinski definition) is 5. The van der Waals surface area contributed by atoms with Gasteiger partial charge in [-0.3, -0.25) is 9.36 Å². The van der Waals surface area contributed by atoms with Gasteiger partial charge in [0.15, 0.2) is 5.69 Å². The second kappa shape index (κ2) is 8.44. The highest BCUT2D eigenvalue weighted by Crippen LogP contribution is 2.33. The van der Waals surface area contributed by atoms with Crippen molar-refractivity contribution in [3.05, 3.63) is 87.2 Å². The highest BCUT2D eigenvalue weighted by molar-refractivity contribution is 5.57. The van der Waals surface area contributed by atoms with E-state index < -0.39 is 29.2 Å². The molecule has 0 spiro atoms. The molecule has 0 amide bonds. The van der Waals surface area contributed by atoms with Crippen molar-refractivity contribution in [3.8, 4) is 11.9 Å². The Bertz CT molecular complexity index is 1240. The SMILES string of the molecule is Cc1c(C#N)c(O)n(C(C)c2ccccc2)c(=O)c1N=Nc1cccc(C(F)(F)F)c1. The van der Waals surface area contributed by atoms with Crippen LogP contribution in [0.5, 0.6) is 5.88 Å². The molecule has 0 saturated carbocycles. The van der Waals surface area contributed by atoms with Crippen LogP contribution in [0.2, 0.25) is 0 Å². The maximum Gasteiger partial charge on any atom is 0.416 e. The quantitative estimate of drug-likeness (QED) is 0.536. The molecule has 3 rings (SSSR count). The fraction of sp³-hybridized carbons (Fsp3) is 0.182. The summed E-state index contributed by atoms with van der Waals surface area (Å²) in [6, 6.07) is 14.2. The van der Waals surface area contributed by atoms with Crippen molar-refractivity contribution < 1.29 is 18.3 Å². The average molecular weight is 426 g/mol. The number of nitriles is 1. The van der Waals surface area contributed by atoms with E-state index in [1.165, 1.54) is 19.1 Å². The van der Waals surface area contributed by atoms with Crippen molar-refractivity contribution in [1.29, 1.82) is 5.26 Å². The minimum atomic E-state index is -4.55. The van der Waals surface area contributed by atoms with Crippen LogP contribution in [0.25, 0.3) is 0 Å². The van der Waals surface area contributed by atoms with E-state index >= 15 is 0 Å². The third-order valence-electron chi connectivity index (χ3n) is 4.82. The summed E-state index contributed by atoms with van der Waals surface area (Å²) in [6.45, 7) is 3.08. The lowest BCUT2D eigenvalue weighted by molar-refractivity contribution is -0.137. The normalized spacial score (nSPS) is 12.6. The number of aromatic nitrogens is 1. The number of benzene rings is 2. The maximum atomic E-state index is 13.1. The van der Waals surface area contributed by atoms with E-state index in [9.17, 15) is 28.3 Å². The van der Waals surface area contributed by atoms with Crippen molar-refractivity contribution in [2.75, 3.05) is 0 Å². The Morgan fingerprint density at radius 2 is 1.77 bits per heavy atom. The lowest BCUT2D eigenvalue weighted by Crippen LogP contribution is -2.25. The molecule has 1 aromatic heterocycles.